The average molecular weight is 247 g/mol. The van der Waals surface area contributed by atoms with Crippen molar-refractivity contribution in [3.05, 3.63) is 18.2 Å². The van der Waals surface area contributed by atoms with Gasteiger partial charge in [0.25, 0.3) is 0 Å². The third-order valence-corrected chi connectivity index (χ3v) is 4.23. The van der Waals surface area contributed by atoms with E-state index in [0.717, 1.165) is 51.3 Å². The molecule has 1 unspecified atom stereocenters. The maximum Gasteiger partial charge on any atom is 0.137 e. The lowest BCUT2D eigenvalue weighted by molar-refractivity contribution is -0.123. The van der Waals surface area contributed by atoms with Crippen molar-refractivity contribution in [2.24, 2.45) is 5.92 Å². The van der Waals surface area contributed by atoms with Crippen molar-refractivity contribution in [3.63, 3.8) is 0 Å². The second-order valence-electron chi connectivity index (χ2n) is 5.53. The standard InChI is InChI=1S/C14H21N3O/c18-13-5-3-1-2-4-12(13)10-16-8-9-17-7-6-15-14(17)11-16/h6-7,12H,1-5,8-11H2. The fourth-order valence-electron chi connectivity index (χ4n) is 3.12. The van der Waals surface area contributed by atoms with E-state index < -0.39 is 0 Å². The molecule has 3 rings (SSSR count). The maximum atomic E-state index is 12.0. The van der Waals surface area contributed by atoms with Gasteiger partial charge in [0, 0.05) is 44.4 Å². The molecule has 4 heteroatoms. The normalized spacial score (nSPS) is 25.8. The second-order valence-corrected chi connectivity index (χ2v) is 5.53. The minimum Gasteiger partial charge on any atom is -0.333 e. The summed E-state index contributed by atoms with van der Waals surface area (Å²) in [4.78, 5) is 18.8. The summed E-state index contributed by atoms with van der Waals surface area (Å²) in [7, 11) is 0. The Balaban J connectivity index is 1.61. The highest BCUT2D eigenvalue weighted by Gasteiger charge is 2.25. The van der Waals surface area contributed by atoms with Gasteiger partial charge in [0.2, 0.25) is 0 Å². The van der Waals surface area contributed by atoms with Crippen LogP contribution in [-0.4, -0.2) is 33.3 Å². The molecular formula is C14H21N3O. The second kappa shape index (κ2) is 5.22. The summed E-state index contributed by atoms with van der Waals surface area (Å²) in [5.41, 5.74) is 0. The number of hydrogen-bond acceptors (Lipinski definition) is 3. The largest absolute Gasteiger partial charge is 0.333 e. The van der Waals surface area contributed by atoms with Crippen LogP contribution in [0.25, 0.3) is 0 Å². The fourth-order valence-corrected chi connectivity index (χ4v) is 3.12. The average Bonchev–Trinajstić information content (AvgIpc) is 2.75. The van der Waals surface area contributed by atoms with Gasteiger partial charge in [-0.2, -0.15) is 0 Å². The fraction of sp³-hybridized carbons (Fsp3) is 0.714. The molecule has 1 aliphatic heterocycles. The Labute approximate surface area is 108 Å². The Morgan fingerprint density at radius 1 is 1.28 bits per heavy atom. The van der Waals surface area contributed by atoms with Gasteiger partial charge in [-0.05, 0) is 12.8 Å². The van der Waals surface area contributed by atoms with Gasteiger partial charge in [0.1, 0.15) is 11.6 Å². The van der Waals surface area contributed by atoms with Crippen molar-refractivity contribution in [1.82, 2.24) is 14.5 Å². The number of fused-ring (bicyclic) bond motifs is 1. The van der Waals surface area contributed by atoms with Gasteiger partial charge in [-0.25, -0.2) is 4.98 Å². The predicted molar refractivity (Wildman–Crippen MR) is 69.1 cm³/mol. The first-order valence-corrected chi connectivity index (χ1v) is 7.08. The lowest BCUT2D eigenvalue weighted by atomic mass is 9.98. The monoisotopic (exact) mass is 247 g/mol. The lowest BCUT2D eigenvalue weighted by Gasteiger charge is -2.30. The smallest absolute Gasteiger partial charge is 0.137 e. The molecule has 0 spiro atoms. The van der Waals surface area contributed by atoms with Gasteiger partial charge in [0.05, 0.1) is 6.54 Å². The molecular weight excluding hydrogens is 226 g/mol. The van der Waals surface area contributed by atoms with Gasteiger partial charge >= 0.3 is 0 Å². The molecule has 1 saturated carbocycles. The van der Waals surface area contributed by atoms with Gasteiger partial charge in [-0.3, -0.25) is 9.69 Å². The van der Waals surface area contributed by atoms with E-state index in [9.17, 15) is 4.79 Å². The molecule has 1 atom stereocenters. The van der Waals surface area contributed by atoms with Crippen LogP contribution in [0.5, 0.6) is 0 Å². The SMILES string of the molecule is O=C1CCCCCC1CN1CCn2ccnc2C1. The van der Waals surface area contributed by atoms with Crippen molar-refractivity contribution in [2.45, 2.75) is 45.2 Å². The van der Waals surface area contributed by atoms with Crippen LogP contribution in [0, 0.1) is 5.92 Å². The van der Waals surface area contributed by atoms with Crippen LogP contribution in [0.15, 0.2) is 12.4 Å². The third-order valence-electron chi connectivity index (χ3n) is 4.23. The number of hydrogen-bond donors (Lipinski definition) is 0. The number of Topliss-reactive ketones (excluding diaryl/α,β-unsaturated/α-hetero) is 1. The van der Waals surface area contributed by atoms with E-state index >= 15 is 0 Å². The number of ketones is 1. The van der Waals surface area contributed by atoms with Crippen LogP contribution in [-0.2, 0) is 17.9 Å². The molecule has 1 aromatic heterocycles. The number of carbonyl (C=O) groups excluding carboxylic acids is 1. The minimum atomic E-state index is 0.272. The van der Waals surface area contributed by atoms with Crippen molar-refractivity contribution in [1.29, 1.82) is 0 Å². The Hall–Kier alpha value is -1.16. The molecule has 0 bridgehead atoms. The molecule has 0 N–H and O–H groups in total. The van der Waals surface area contributed by atoms with Crippen molar-refractivity contribution < 1.29 is 4.79 Å². The third kappa shape index (κ3) is 2.48. The molecule has 98 valence electrons. The van der Waals surface area contributed by atoms with Crippen LogP contribution in [0.2, 0.25) is 0 Å². The summed E-state index contributed by atoms with van der Waals surface area (Å²) in [6, 6.07) is 0. The molecule has 18 heavy (non-hydrogen) atoms. The first-order valence-electron chi connectivity index (χ1n) is 7.08. The first-order chi connectivity index (χ1) is 8.83. The predicted octanol–water partition coefficient (Wildman–Crippen LogP) is 1.85. The summed E-state index contributed by atoms with van der Waals surface area (Å²) in [6.45, 7) is 3.89. The van der Waals surface area contributed by atoms with E-state index in [-0.39, 0.29) is 5.92 Å². The van der Waals surface area contributed by atoms with Gasteiger partial charge in [-0.15, -0.1) is 0 Å². The summed E-state index contributed by atoms with van der Waals surface area (Å²) < 4.78 is 2.21. The zero-order chi connectivity index (χ0) is 12.4. The number of aromatic nitrogens is 2. The van der Waals surface area contributed by atoms with E-state index in [1.807, 2.05) is 12.4 Å². The molecule has 1 fully saturated rings. The molecule has 0 saturated heterocycles. The van der Waals surface area contributed by atoms with E-state index in [2.05, 4.69) is 14.5 Å². The molecule has 2 heterocycles. The summed E-state index contributed by atoms with van der Waals surface area (Å²) in [5.74, 6) is 1.90. The number of nitrogens with zero attached hydrogens (tertiary/aromatic N) is 3. The van der Waals surface area contributed by atoms with Crippen molar-refractivity contribution >= 4 is 5.78 Å². The molecule has 0 radical (unpaired) electrons. The van der Waals surface area contributed by atoms with Gasteiger partial charge in [0.15, 0.2) is 0 Å². The van der Waals surface area contributed by atoms with Crippen LogP contribution in [0.4, 0.5) is 0 Å². The Kier molecular flexibility index (Phi) is 3.46. The molecule has 1 aliphatic carbocycles. The Bertz CT molecular complexity index is 426. The zero-order valence-electron chi connectivity index (χ0n) is 10.8. The van der Waals surface area contributed by atoms with Crippen molar-refractivity contribution in [3.8, 4) is 0 Å². The Morgan fingerprint density at radius 3 is 3.17 bits per heavy atom. The Morgan fingerprint density at radius 2 is 2.22 bits per heavy atom. The van der Waals surface area contributed by atoms with E-state index in [1.165, 1.54) is 12.8 Å². The van der Waals surface area contributed by atoms with Crippen LogP contribution >= 0.6 is 0 Å². The van der Waals surface area contributed by atoms with E-state index in [4.69, 9.17) is 0 Å². The minimum absolute atomic E-state index is 0.272. The van der Waals surface area contributed by atoms with E-state index in [1.54, 1.807) is 0 Å². The first kappa shape index (κ1) is 11.9. The summed E-state index contributed by atoms with van der Waals surface area (Å²) in [5, 5.41) is 0. The summed E-state index contributed by atoms with van der Waals surface area (Å²) >= 11 is 0. The zero-order valence-corrected chi connectivity index (χ0v) is 10.8. The van der Waals surface area contributed by atoms with Crippen LogP contribution in [0.3, 0.4) is 0 Å². The summed E-state index contributed by atoms with van der Waals surface area (Å²) in [6.07, 6.45) is 9.35. The molecule has 0 amide bonds. The quantitative estimate of drug-likeness (QED) is 0.749. The highest BCUT2D eigenvalue weighted by molar-refractivity contribution is 5.81. The highest BCUT2D eigenvalue weighted by Crippen LogP contribution is 2.22. The lowest BCUT2D eigenvalue weighted by Crippen LogP contribution is -2.38. The number of rotatable bonds is 2. The van der Waals surface area contributed by atoms with Crippen LogP contribution in [0.1, 0.15) is 37.9 Å². The number of imidazole rings is 1. The maximum absolute atomic E-state index is 12.0. The van der Waals surface area contributed by atoms with Gasteiger partial charge in [-0.1, -0.05) is 12.8 Å². The molecule has 0 aromatic carbocycles. The molecule has 4 nitrogen and oxygen atoms in total. The van der Waals surface area contributed by atoms with E-state index in [0.29, 0.717) is 5.78 Å². The molecule has 2 aliphatic rings. The number of carbonyl (C=O) groups is 1. The molecule has 1 aromatic rings. The van der Waals surface area contributed by atoms with Crippen LogP contribution < -0.4 is 0 Å². The topological polar surface area (TPSA) is 38.1 Å². The van der Waals surface area contributed by atoms with Gasteiger partial charge < -0.3 is 4.57 Å². The van der Waals surface area contributed by atoms with Crippen molar-refractivity contribution in [2.75, 3.05) is 13.1 Å². The highest BCUT2D eigenvalue weighted by atomic mass is 16.1.